The standard InChI is InChI=1S/C34H34FN3O4S/c1-25-9-8-14-28(21-25)22-31(38-33(39)29-17-19-36-20-18-29)34(40)37-30(16-15-26-10-4-2-5-11-26)23-32(35)43(41,42)24-27-12-6-3-7-13-27/h2-14,17-21,23,30-31H,15-16,22,24H2,1H3,(H,37,40)(H,38,39)/b32-23+/t30-,31-/m0/s1. The van der Waals surface area contributed by atoms with E-state index in [1.807, 2.05) is 61.5 Å². The number of halogens is 1. The molecule has 43 heavy (non-hydrogen) atoms. The molecule has 3 aromatic carbocycles. The van der Waals surface area contributed by atoms with Crippen LogP contribution < -0.4 is 10.6 Å². The molecule has 0 spiro atoms. The molecular formula is C34H34FN3O4S. The minimum atomic E-state index is -4.29. The molecule has 4 aromatic rings. The van der Waals surface area contributed by atoms with Crippen LogP contribution in [0.5, 0.6) is 0 Å². The number of aryl methyl sites for hydroxylation is 2. The van der Waals surface area contributed by atoms with E-state index in [0.29, 0.717) is 17.5 Å². The predicted octanol–water partition coefficient (Wildman–Crippen LogP) is 5.27. The van der Waals surface area contributed by atoms with Crippen LogP contribution in [-0.2, 0) is 33.2 Å². The van der Waals surface area contributed by atoms with E-state index < -0.39 is 44.6 Å². The summed E-state index contributed by atoms with van der Waals surface area (Å²) in [4.78, 5) is 30.7. The van der Waals surface area contributed by atoms with Crippen LogP contribution in [0.25, 0.3) is 0 Å². The summed E-state index contributed by atoms with van der Waals surface area (Å²) < 4.78 is 41.1. The Morgan fingerprint density at radius 1 is 0.837 bits per heavy atom. The normalized spacial score (nSPS) is 13.1. The van der Waals surface area contributed by atoms with Gasteiger partial charge in [0, 0.05) is 24.4 Å². The van der Waals surface area contributed by atoms with Gasteiger partial charge in [0.05, 0.1) is 11.8 Å². The van der Waals surface area contributed by atoms with Gasteiger partial charge >= 0.3 is 0 Å². The summed E-state index contributed by atoms with van der Waals surface area (Å²) in [5.74, 6) is -1.54. The van der Waals surface area contributed by atoms with Gasteiger partial charge in [-0.2, -0.15) is 4.39 Å². The van der Waals surface area contributed by atoms with Crippen molar-refractivity contribution in [1.82, 2.24) is 15.6 Å². The van der Waals surface area contributed by atoms with Gasteiger partial charge in [-0.15, -0.1) is 0 Å². The van der Waals surface area contributed by atoms with Gasteiger partial charge in [-0.25, -0.2) is 8.42 Å². The van der Waals surface area contributed by atoms with Crippen LogP contribution in [0.2, 0.25) is 0 Å². The monoisotopic (exact) mass is 599 g/mol. The number of carbonyl (C=O) groups excluding carboxylic acids is 2. The molecule has 0 radical (unpaired) electrons. The van der Waals surface area contributed by atoms with Gasteiger partial charge in [0.25, 0.3) is 5.91 Å². The molecule has 9 heteroatoms. The maximum atomic E-state index is 15.4. The minimum absolute atomic E-state index is 0.175. The summed E-state index contributed by atoms with van der Waals surface area (Å²) in [7, 11) is -4.29. The first-order valence-electron chi connectivity index (χ1n) is 13.9. The number of hydrogen-bond donors (Lipinski definition) is 2. The highest BCUT2D eigenvalue weighted by atomic mass is 32.2. The molecule has 1 heterocycles. The maximum Gasteiger partial charge on any atom is 0.252 e. The summed E-state index contributed by atoms with van der Waals surface area (Å²) >= 11 is 0. The van der Waals surface area contributed by atoms with E-state index in [9.17, 15) is 18.0 Å². The lowest BCUT2D eigenvalue weighted by Crippen LogP contribution is -2.50. The molecule has 1 aromatic heterocycles. The lowest BCUT2D eigenvalue weighted by molar-refractivity contribution is -0.123. The van der Waals surface area contributed by atoms with Gasteiger partial charge in [-0.1, -0.05) is 90.5 Å². The van der Waals surface area contributed by atoms with Crippen LogP contribution in [0.15, 0.2) is 121 Å². The summed E-state index contributed by atoms with van der Waals surface area (Å²) in [5.41, 5.74) is 3.54. The second-order valence-electron chi connectivity index (χ2n) is 10.3. The molecule has 0 aliphatic heterocycles. The number of nitrogens with one attached hydrogen (secondary N) is 2. The van der Waals surface area contributed by atoms with Gasteiger partial charge < -0.3 is 10.6 Å². The first-order chi connectivity index (χ1) is 20.7. The van der Waals surface area contributed by atoms with Crippen LogP contribution in [0.1, 0.15) is 39.0 Å². The molecule has 222 valence electrons. The third-order valence-corrected chi connectivity index (χ3v) is 8.27. The zero-order chi connectivity index (χ0) is 30.7. The number of pyridine rings is 1. The molecule has 0 aliphatic carbocycles. The zero-order valence-electron chi connectivity index (χ0n) is 23.8. The van der Waals surface area contributed by atoms with Crippen molar-refractivity contribution in [3.8, 4) is 0 Å². The molecule has 0 saturated carbocycles. The van der Waals surface area contributed by atoms with Crippen molar-refractivity contribution in [3.05, 3.63) is 149 Å². The SMILES string of the molecule is Cc1cccc(C[C@H](NC(=O)c2ccncc2)C(=O)N[C@H](/C=C(\F)S(=O)(=O)Cc2ccccc2)CCc2ccccc2)c1. The molecule has 4 rings (SSSR count). The van der Waals surface area contributed by atoms with Gasteiger partial charge in [0.2, 0.25) is 20.9 Å². The van der Waals surface area contributed by atoms with Gasteiger partial charge in [-0.05, 0) is 54.7 Å². The predicted molar refractivity (Wildman–Crippen MR) is 165 cm³/mol. The fourth-order valence-corrected chi connectivity index (χ4v) is 5.74. The second kappa shape index (κ2) is 15.0. The van der Waals surface area contributed by atoms with Crippen LogP contribution in [0.4, 0.5) is 4.39 Å². The molecule has 0 unspecified atom stereocenters. The first-order valence-corrected chi connectivity index (χ1v) is 15.6. The Kier molecular flexibility index (Phi) is 10.9. The fourth-order valence-electron chi connectivity index (χ4n) is 4.60. The molecule has 0 fully saturated rings. The molecule has 0 aliphatic rings. The number of benzene rings is 3. The third-order valence-electron chi connectivity index (χ3n) is 6.83. The van der Waals surface area contributed by atoms with Gasteiger partial charge in [0.15, 0.2) is 0 Å². The summed E-state index contributed by atoms with van der Waals surface area (Å²) in [6.07, 6.45) is 4.78. The number of rotatable bonds is 13. The average Bonchev–Trinajstić information content (AvgIpc) is 3.00. The van der Waals surface area contributed by atoms with Crippen molar-refractivity contribution in [1.29, 1.82) is 0 Å². The Morgan fingerprint density at radius 3 is 2.12 bits per heavy atom. The quantitative estimate of drug-likeness (QED) is 0.218. The van der Waals surface area contributed by atoms with Crippen molar-refractivity contribution < 1.29 is 22.4 Å². The summed E-state index contributed by atoms with van der Waals surface area (Å²) in [5, 5.41) is 4.27. The van der Waals surface area contributed by atoms with Gasteiger partial charge in [-0.3, -0.25) is 14.6 Å². The molecular weight excluding hydrogens is 565 g/mol. The Hall–Kier alpha value is -4.63. The number of carbonyl (C=O) groups is 2. The number of nitrogens with zero attached hydrogens (tertiary/aromatic N) is 1. The minimum Gasteiger partial charge on any atom is -0.348 e. The Labute approximate surface area is 251 Å². The van der Waals surface area contributed by atoms with Gasteiger partial charge in [0.1, 0.15) is 6.04 Å². The molecule has 0 bridgehead atoms. The van der Waals surface area contributed by atoms with Crippen molar-refractivity contribution in [2.45, 2.75) is 44.0 Å². The summed E-state index contributed by atoms with van der Waals surface area (Å²) in [6.45, 7) is 1.93. The molecule has 2 N–H and O–H groups in total. The maximum absolute atomic E-state index is 15.4. The number of hydrogen-bond acceptors (Lipinski definition) is 5. The van der Waals surface area contributed by atoms with E-state index in [1.165, 1.54) is 24.5 Å². The Bertz CT molecular complexity index is 1650. The van der Waals surface area contributed by atoms with E-state index in [2.05, 4.69) is 15.6 Å². The van der Waals surface area contributed by atoms with Crippen LogP contribution in [0.3, 0.4) is 0 Å². The molecule has 0 saturated heterocycles. The van der Waals surface area contributed by atoms with E-state index >= 15 is 4.39 Å². The number of aromatic nitrogens is 1. The smallest absolute Gasteiger partial charge is 0.252 e. The van der Waals surface area contributed by atoms with Crippen LogP contribution in [-0.4, -0.2) is 37.3 Å². The largest absolute Gasteiger partial charge is 0.348 e. The Morgan fingerprint density at radius 2 is 1.47 bits per heavy atom. The van der Waals surface area contributed by atoms with Crippen molar-refractivity contribution in [2.75, 3.05) is 0 Å². The third kappa shape index (κ3) is 9.72. The zero-order valence-corrected chi connectivity index (χ0v) is 24.6. The van der Waals surface area contributed by atoms with E-state index in [1.54, 1.807) is 30.3 Å². The van der Waals surface area contributed by atoms with E-state index in [0.717, 1.165) is 22.8 Å². The second-order valence-corrected chi connectivity index (χ2v) is 12.2. The number of sulfone groups is 1. The lowest BCUT2D eigenvalue weighted by Gasteiger charge is -2.23. The fraction of sp³-hybridized carbons (Fsp3) is 0.206. The highest BCUT2D eigenvalue weighted by Gasteiger charge is 2.26. The van der Waals surface area contributed by atoms with E-state index in [4.69, 9.17) is 0 Å². The van der Waals surface area contributed by atoms with Crippen molar-refractivity contribution in [3.63, 3.8) is 0 Å². The lowest BCUT2D eigenvalue weighted by atomic mass is 10.0. The Balaban J connectivity index is 1.59. The highest BCUT2D eigenvalue weighted by molar-refractivity contribution is 7.94. The molecule has 2 atom stereocenters. The molecule has 2 amide bonds. The van der Waals surface area contributed by atoms with Crippen molar-refractivity contribution in [2.24, 2.45) is 0 Å². The summed E-state index contributed by atoms with van der Waals surface area (Å²) in [6, 6.07) is 26.4. The number of amides is 2. The van der Waals surface area contributed by atoms with Crippen molar-refractivity contribution >= 4 is 21.7 Å². The van der Waals surface area contributed by atoms with E-state index in [-0.39, 0.29) is 12.8 Å². The van der Waals surface area contributed by atoms with Crippen LogP contribution in [0, 0.1) is 6.92 Å². The topological polar surface area (TPSA) is 105 Å². The average molecular weight is 600 g/mol. The first kappa shape index (κ1) is 31.3. The molecule has 7 nitrogen and oxygen atoms in total. The highest BCUT2D eigenvalue weighted by Crippen LogP contribution is 2.18. The van der Waals surface area contributed by atoms with Crippen LogP contribution >= 0.6 is 0 Å².